The van der Waals surface area contributed by atoms with Crippen LogP contribution in [0.2, 0.25) is 18.1 Å². The monoisotopic (exact) mass is 399 g/mol. The van der Waals surface area contributed by atoms with E-state index in [2.05, 4.69) is 33.9 Å². The van der Waals surface area contributed by atoms with Gasteiger partial charge in [0.05, 0.1) is 13.2 Å². The van der Waals surface area contributed by atoms with Crippen molar-refractivity contribution in [3.05, 3.63) is 11.3 Å². The molecule has 1 rings (SSSR count). The number of hydrogen-bond acceptors (Lipinski definition) is 6. The number of β-lactam (4-membered cyclic amide) rings is 1. The molecule has 0 unspecified atom stereocenters. The third-order valence-corrected chi connectivity index (χ3v) is 9.83. The molecule has 1 aliphatic heterocycles. The van der Waals surface area contributed by atoms with E-state index in [1.165, 1.54) is 18.9 Å². The predicted molar refractivity (Wildman–Crippen MR) is 104 cm³/mol. The Morgan fingerprint density at radius 2 is 1.67 bits per heavy atom. The SMILES string of the molecule is COC(=O)C(=C(C)C)N1C(=O)[C@@H]([C@@H](C)O[Si](C)(C)C(C)(C)C)[C@@H]1OC(C)=O. The number of allylic oxidation sites excluding steroid dienone is 1. The minimum absolute atomic E-state index is 0.0260. The molecular weight excluding hydrogens is 366 g/mol. The van der Waals surface area contributed by atoms with Gasteiger partial charge in [-0.05, 0) is 44.5 Å². The molecule has 27 heavy (non-hydrogen) atoms. The first kappa shape index (κ1) is 23.4. The Bertz CT molecular complexity index is 645. The average Bonchev–Trinajstić information content (AvgIpc) is 2.48. The van der Waals surface area contributed by atoms with Crippen molar-refractivity contribution >= 4 is 26.2 Å². The molecule has 154 valence electrons. The van der Waals surface area contributed by atoms with Gasteiger partial charge in [0.25, 0.3) is 0 Å². The number of carbonyl (C=O) groups is 3. The summed E-state index contributed by atoms with van der Waals surface area (Å²) in [6, 6.07) is 0. The van der Waals surface area contributed by atoms with E-state index in [1.807, 2.05) is 6.92 Å². The molecule has 1 saturated heterocycles. The zero-order valence-corrected chi connectivity index (χ0v) is 19.1. The summed E-state index contributed by atoms with van der Waals surface area (Å²) >= 11 is 0. The molecule has 8 heteroatoms. The van der Waals surface area contributed by atoms with Gasteiger partial charge in [-0.2, -0.15) is 0 Å². The van der Waals surface area contributed by atoms with Gasteiger partial charge < -0.3 is 13.9 Å². The Hall–Kier alpha value is -1.67. The zero-order valence-electron chi connectivity index (χ0n) is 18.1. The van der Waals surface area contributed by atoms with Crippen molar-refractivity contribution < 1.29 is 28.3 Å². The van der Waals surface area contributed by atoms with E-state index < -0.39 is 38.5 Å². The minimum atomic E-state index is -2.13. The van der Waals surface area contributed by atoms with Gasteiger partial charge in [-0.25, -0.2) is 4.79 Å². The lowest BCUT2D eigenvalue weighted by Crippen LogP contribution is -2.67. The molecule has 1 aliphatic rings. The maximum absolute atomic E-state index is 12.9. The summed E-state index contributed by atoms with van der Waals surface area (Å²) in [5.74, 6) is -2.15. The predicted octanol–water partition coefficient (Wildman–Crippen LogP) is 3.21. The smallest absolute Gasteiger partial charge is 0.354 e. The summed E-state index contributed by atoms with van der Waals surface area (Å²) in [7, 11) is -0.880. The molecule has 1 amide bonds. The van der Waals surface area contributed by atoms with E-state index in [0.29, 0.717) is 5.57 Å². The van der Waals surface area contributed by atoms with Gasteiger partial charge in [-0.15, -0.1) is 0 Å². The van der Waals surface area contributed by atoms with Crippen molar-refractivity contribution in [2.45, 2.75) is 78.9 Å². The molecule has 0 N–H and O–H groups in total. The summed E-state index contributed by atoms with van der Waals surface area (Å²) in [5.41, 5.74) is 0.702. The first-order chi connectivity index (χ1) is 12.2. The molecule has 0 spiro atoms. The summed E-state index contributed by atoms with van der Waals surface area (Å²) in [6.45, 7) is 17.0. The normalized spacial score (nSPS) is 21.3. The summed E-state index contributed by atoms with van der Waals surface area (Å²) in [5, 5.41) is -0.0260. The number of amides is 1. The third-order valence-electron chi connectivity index (χ3n) is 5.26. The molecule has 0 aromatic heterocycles. The molecule has 0 saturated carbocycles. The number of nitrogens with zero attached hydrogens (tertiary/aromatic N) is 1. The van der Waals surface area contributed by atoms with Gasteiger partial charge in [-0.3, -0.25) is 14.5 Å². The Morgan fingerprint density at radius 1 is 1.15 bits per heavy atom. The number of rotatable bonds is 6. The minimum Gasteiger partial charge on any atom is -0.464 e. The van der Waals surface area contributed by atoms with E-state index in [0.717, 1.165) is 0 Å². The molecule has 3 atom stereocenters. The molecule has 0 radical (unpaired) electrons. The Kier molecular flexibility index (Phi) is 7.04. The number of methoxy groups -OCH3 is 1. The number of esters is 2. The van der Waals surface area contributed by atoms with Crippen molar-refractivity contribution in [2.24, 2.45) is 5.92 Å². The van der Waals surface area contributed by atoms with Crippen LogP contribution >= 0.6 is 0 Å². The molecule has 0 bridgehead atoms. The molecular formula is C19H33NO6Si. The standard InChI is InChI=1S/C19H33NO6Si/c1-11(2)15(18(23)24-8)20-16(22)14(17(20)25-13(4)21)12(3)26-27(9,10)19(5,6)7/h12,14,17H,1-10H3/t12-,14-,17+/m1/s1. The van der Waals surface area contributed by atoms with E-state index >= 15 is 0 Å². The average molecular weight is 400 g/mol. The Morgan fingerprint density at radius 3 is 2.04 bits per heavy atom. The van der Waals surface area contributed by atoms with Crippen LogP contribution in [0.4, 0.5) is 0 Å². The molecule has 1 heterocycles. The van der Waals surface area contributed by atoms with Gasteiger partial charge in [0.2, 0.25) is 5.91 Å². The summed E-state index contributed by atoms with van der Waals surface area (Å²) < 4.78 is 16.5. The number of hydrogen-bond donors (Lipinski definition) is 0. The van der Waals surface area contributed by atoms with Crippen LogP contribution in [-0.4, -0.2) is 50.5 Å². The highest BCUT2D eigenvalue weighted by atomic mass is 28.4. The van der Waals surface area contributed by atoms with Gasteiger partial charge in [0, 0.05) is 6.92 Å². The third kappa shape index (κ3) is 4.79. The van der Waals surface area contributed by atoms with Crippen molar-refractivity contribution in [2.75, 3.05) is 7.11 Å². The highest BCUT2D eigenvalue weighted by Crippen LogP contribution is 2.42. The van der Waals surface area contributed by atoms with Crippen LogP contribution in [0.3, 0.4) is 0 Å². The summed E-state index contributed by atoms with van der Waals surface area (Å²) in [4.78, 5) is 37.9. The first-order valence-electron chi connectivity index (χ1n) is 9.09. The fourth-order valence-electron chi connectivity index (χ4n) is 2.81. The molecule has 1 fully saturated rings. The van der Waals surface area contributed by atoms with Crippen LogP contribution in [0.15, 0.2) is 11.3 Å². The first-order valence-corrected chi connectivity index (χ1v) is 12.0. The summed E-state index contributed by atoms with van der Waals surface area (Å²) in [6.07, 6.45) is -1.34. The van der Waals surface area contributed by atoms with E-state index in [-0.39, 0.29) is 16.6 Å². The second-order valence-electron chi connectivity index (χ2n) is 8.66. The number of ether oxygens (including phenoxy) is 2. The van der Waals surface area contributed by atoms with Crippen molar-refractivity contribution in [1.29, 1.82) is 0 Å². The van der Waals surface area contributed by atoms with Crippen molar-refractivity contribution in [3.63, 3.8) is 0 Å². The maximum Gasteiger partial charge on any atom is 0.354 e. The van der Waals surface area contributed by atoms with Crippen molar-refractivity contribution in [3.8, 4) is 0 Å². The molecule has 0 aliphatic carbocycles. The lowest BCUT2D eigenvalue weighted by Gasteiger charge is -2.50. The van der Waals surface area contributed by atoms with Gasteiger partial charge in [-0.1, -0.05) is 20.8 Å². The van der Waals surface area contributed by atoms with Crippen LogP contribution in [-0.2, 0) is 28.3 Å². The topological polar surface area (TPSA) is 82.1 Å². The lowest BCUT2D eigenvalue weighted by atomic mass is 9.89. The maximum atomic E-state index is 12.9. The van der Waals surface area contributed by atoms with Gasteiger partial charge in [0.15, 0.2) is 14.5 Å². The molecule has 0 aromatic rings. The number of carbonyl (C=O) groups excluding carboxylic acids is 3. The van der Waals surface area contributed by atoms with Crippen LogP contribution in [0.1, 0.15) is 48.5 Å². The highest BCUT2D eigenvalue weighted by molar-refractivity contribution is 6.74. The Labute approximate surface area is 163 Å². The quantitative estimate of drug-likeness (QED) is 0.295. The Balaban J connectivity index is 3.19. The zero-order chi connectivity index (χ0) is 21.3. The lowest BCUT2D eigenvalue weighted by molar-refractivity contribution is -0.202. The fourth-order valence-corrected chi connectivity index (χ4v) is 4.24. The van der Waals surface area contributed by atoms with Crippen LogP contribution in [0.5, 0.6) is 0 Å². The fraction of sp³-hybridized carbons (Fsp3) is 0.737. The van der Waals surface area contributed by atoms with Crippen molar-refractivity contribution in [1.82, 2.24) is 4.90 Å². The van der Waals surface area contributed by atoms with Gasteiger partial charge >= 0.3 is 11.9 Å². The van der Waals surface area contributed by atoms with Crippen LogP contribution in [0, 0.1) is 5.92 Å². The van der Waals surface area contributed by atoms with Crippen LogP contribution in [0.25, 0.3) is 0 Å². The van der Waals surface area contributed by atoms with E-state index in [4.69, 9.17) is 13.9 Å². The number of likely N-dealkylation sites (tertiary alicyclic amines) is 1. The van der Waals surface area contributed by atoms with E-state index in [1.54, 1.807) is 13.8 Å². The highest BCUT2D eigenvalue weighted by Gasteiger charge is 2.57. The second kappa shape index (κ2) is 8.14. The molecule has 0 aromatic carbocycles. The van der Waals surface area contributed by atoms with Crippen LogP contribution < -0.4 is 0 Å². The largest absolute Gasteiger partial charge is 0.464 e. The molecule has 7 nitrogen and oxygen atoms in total. The van der Waals surface area contributed by atoms with E-state index in [9.17, 15) is 14.4 Å². The second-order valence-corrected chi connectivity index (χ2v) is 13.4. The van der Waals surface area contributed by atoms with Gasteiger partial charge in [0.1, 0.15) is 11.6 Å².